The molecule has 1 aliphatic rings. The molecule has 0 spiro atoms. The van der Waals surface area contributed by atoms with Gasteiger partial charge in [0.1, 0.15) is 6.61 Å². The molecule has 0 atom stereocenters. The fourth-order valence-electron chi connectivity index (χ4n) is 1.27. The van der Waals surface area contributed by atoms with E-state index in [1.165, 1.54) is 25.7 Å². The van der Waals surface area contributed by atoms with Gasteiger partial charge in [0.15, 0.2) is 0 Å². The van der Waals surface area contributed by atoms with E-state index in [4.69, 9.17) is 4.74 Å². The van der Waals surface area contributed by atoms with Gasteiger partial charge in [0.25, 0.3) is 0 Å². The third-order valence-electron chi connectivity index (χ3n) is 1.74. The van der Waals surface area contributed by atoms with Gasteiger partial charge in [-0.15, -0.1) is 0 Å². The molecular formula is C7H13O2. The second-order valence-electron chi connectivity index (χ2n) is 2.48. The Morgan fingerprint density at radius 2 is 2.00 bits per heavy atom. The summed E-state index contributed by atoms with van der Waals surface area (Å²) in [5.74, 6) is 0. The molecule has 0 aromatic heterocycles. The molecule has 0 amide bonds. The monoisotopic (exact) mass is 129 g/mol. The summed E-state index contributed by atoms with van der Waals surface area (Å²) >= 11 is 0. The fraction of sp³-hybridized carbons (Fsp3) is 1.00. The lowest BCUT2D eigenvalue weighted by molar-refractivity contribution is 0.0159. The molecular weight excluding hydrogens is 116 g/mol. The Kier molecular flexibility index (Phi) is 3.01. The van der Waals surface area contributed by atoms with E-state index in [1.807, 2.05) is 0 Å². The van der Waals surface area contributed by atoms with Crippen LogP contribution in [0.15, 0.2) is 0 Å². The third-order valence-corrected chi connectivity index (χ3v) is 1.74. The summed E-state index contributed by atoms with van der Waals surface area (Å²) in [7, 11) is 0. The van der Waals surface area contributed by atoms with Gasteiger partial charge >= 0.3 is 0 Å². The van der Waals surface area contributed by atoms with Crippen LogP contribution in [0.3, 0.4) is 0 Å². The van der Waals surface area contributed by atoms with Crippen LogP contribution in [-0.2, 0) is 9.84 Å². The van der Waals surface area contributed by atoms with Crippen molar-refractivity contribution in [1.29, 1.82) is 0 Å². The minimum Gasteiger partial charge on any atom is -0.376 e. The normalized spacial score (nSPS) is 21.0. The molecule has 1 fully saturated rings. The summed E-state index contributed by atoms with van der Waals surface area (Å²) in [5.41, 5.74) is 0. The summed E-state index contributed by atoms with van der Waals surface area (Å²) < 4.78 is 5.24. The maximum absolute atomic E-state index is 9.96. The molecule has 1 saturated carbocycles. The molecule has 0 heterocycles. The molecule has 0 N–H and O–H groups in total. The summed E-state index contributed by atoms with van der Waals surface area (Å²) in [6.07, 6.45) is 5.31. The van der Waals surface area contributed by atoms with Gasteiger partial charge in [0.2, 0.25) is 0 Å². The molecule has 2 heteroatoms. The van der Waals surface area contributed by atoms with Gasteiger partial charge in [-0.2, -0.15) is 0 Å². The first kappa shape index (κ1) is 7.03. The summed E-state index contributed by atoms with van der Waals surface area (Å²) in [6, 6.07) is 0. The average Bonchev–Trinajstić information content (AvgIpc) is 2.34. The van der Waals surface area contributed by atoms with E-state index in [9.17, 15) is 5.11 Å². The van der Waals surface area contributed by atoms with Gasteiger partial charge < -0.3 is 4.74 Å². The van der Waals surface area contributed by atoms with Crippen molar-refractivity contribution in [2.75, 3.05) is 13.2 Å². The van der Waals surface area contributed by atoms with Gasteiger partial charge in [-0.25, -0.2) is 5.11 Å². The molecule has 1 radical (unpaired) electrons. The third kappa shape index (κ3) is 2.33. The van der Waals surface area contributed by atoms with Crippen molar-refractivity contribution >= 4 is 0 Å². The van der Waals surface area contributed by atoms with Crippen LogP contribution in [0.5, 0.6) is 0 Å². The van der Waals surface area contributed by atoms with Crippen molar-refractivity contribution in [3.8, 4) is 0 Å². The molecule has 0 bridgehead atoms. The molecule has 0 unspecified atom stereocenters. The van der Waals surface area contributed by atoms with E-state index in [0.717, 1.165) is 0 Å². The van der Waals surface area contributed by atoms with Crippen molar-refractivity contribution < 1.29 is 9.84 Å². The highest BCUT2D eigenvalue weighted by molar-refractivity contribution is 4.66. The van der Waals surface area contributed by atoms with Gasteiger partial charge in [-0.05, 0) is 12.8 Å². The van der Waals surface area contributed by atoms with Crippen LogP contribution in [0.25, 0.3) is 0 Å². The van der Waals surface area contributed by atoms with Gasteiger partial charge in [-0.1, -0.05) is 12.8 Å². The first-order valence-corrected chi connectivity index (χ1v) is 3.63. The van der Waals surface area contributed by atoms with Crippen molar-refractivity contribution in [2.45, 2.75) is 31.8 Å². The Bertz CT molecular complexity index is 67.3. The van der Waals surface area contributed by atoms with E-state index >= 15 is 0 Å². The highest BCUT2D eigenvalue weighted by atomic mass is 16.5. The molecule has 9 heavy (non-hydrogen) atoms. The van der Waals surface area contributed by atoms with Crippen LogP contribution in [0.1, 0.15) is 25.7 Å². The minimum absolute atomic E-state index is 0.0868. The molecule has 0 aliphatic heterocycles. The van der Waals surface area contributed by atoms with Crippen molar-refractivity contribution in [2.24, 2.45) is 0 Å². The Morgan fingerprint density at radius 1 is 1.33 bits per heavy atom. The van der Waals surface area contributed by atoms with Crippen LogP contribution >= 0.6 is 0 Å². The van der Waals surface area contributed by atoms with Crippen LogP contribution in [0, 0.1) is 0 Å². The largest absolute Gasteiger partial charge is 0.376 e. The number of hydrogen-bond donors (Lipinski definition) is 0. The van der Waals surface area contributed by atoms with Crippen molar-refractivity contribution in [1.82, 2.24) is 0 Å². The van der Waals surface area contributed by atoms with Crippen molar-refractivity contribution in [3.63, 3.8) is 0 Å². The minimum atomic E-state index is -0.0868. The van der Waals surface area contributed by atoms with Crippen LogP contribution in [0.2, 0.25) is 0 Å². The second-order valence-corrected chi connectivity index (χ2v) is 2.48. The molecule has 0 aromatic rings. The summed E-state index contributed by atoms with van der Waals surface area (Å²) in [5, 5.41) is 9.96. The van der Waals surface area contributed by atoms with Crippen LogP contribution in [-0.4, -0.2) is 19.3 Å². The Morgan fingerprint density at radius 3 is 2.56 bits per heavy atom. The summed E-state index contributed by atoms with van der Waals surface area (Å²) in [4.78, 5) is 0. The molecule has 2 nitrogen and oxygen atoms in total. The topological polar surface area (TPSA) is 29.1 Å². The zero-order valence-corrected chi connectivity index (χ0v) is 5.64. The lowest BCUT2D eigenvalue weighted by Crippen LogP contribution is -2.09. The zero-order chi connectivity index (χ0) is 6.53. The highest BCUT2D eigenvalue weighted by Crippen LogP contribution is 2.20. The van der Waals surface area contributed by atoms with E-state index < -0.39 is 0 Å². The highest BCUT2D eigenvalue weighted by Gasteiger charge is 2.14. The molecule has 53 valence electrons. The van der Waals surface area contributed by atoms with Gasteiger partial charge in [0.05, 0.1) is 12.7 Å². The molecule has 0 aromatic carbocycles. The zero-order valence-electron chi connectivity index (χ0n) is 5.64. The smallest absolute Gasteiger partial charge is 0.106 e. The van der Waals surface area contributed by atoms with Crippen LogP contribution < -0.4 is 0 Å². The molecule has 0 saturated heterocycles. The Labute approximate surface area is 55.8 Å². The lowest BCUT2D eigenvalue weighted by Gasteiger charge is -2.07. The number of hydrogen-bond acceptors (Lipinski definition) is 1. The van der Waals surface area contributed by atoms with Gasteiger partial charge in [-0.3, -0.25) is 0 Å². The first-order valence-electron chi connectivity index (χ1n) is 3.63. The number of ether oxygens (including phenoxy) is 1. The Hall–Kier alpha value is -0.0800. The molecule has 1 aliphatic carbocycles. The average molecular weight is 129 g/mol. The predicted molar refractivity (Wildman–Crippen MR) is 33.8 cm³/mol. The number of rotatable bonds is 3. The lowest BCUT2D eigenvalue weighted by atomic mass is 10.3. The molecule has 1 rings (SSSR count). The Balaban J connectivity index is 1.98. The maximum atomic E-state index is 9.96. The van der Waals surface area contributed by atoms with Crippen molar-refractivity contribution in [3.05, 3.63) is 0 Å². The predicted octanol–water partition coefficient (Wildman–Crippen LogP) is 1.38. The fourth-order valence-corrected chi connectivity index (χ4v) is 1.27. The first-order chi connectivity index (χ1) is 4.43. The maximum Gasteiger partial charge on any atom is 0.106 e. The van der Waals surface area contributed by atoms with E-state index in [-0.39, 0.29) is 6.61 Å². The van der Waals surface area contributed by atoms with E-state index in [2.05, 4.69) is 0 Å². The van der Waals surface area contributed by atoms with E-state index in [1.54, 1.807) is 0 Å². The van der Waals surface area contributed by atoms with Gasteiger partial charge in [0, 0.05) is 0 Å². The van der Waals surface area contributed by atoms with Crippen LogP contribution in [0.4, 0.5) is 0 Å². The summed E-state index contributed by atoms with van der Waals surface area (Å²) in [6.45, 7) is 0.321. The van der Waals surface area contributed by atoms with E-state index in [0.29, 0.717) is 12.7 Å². The second kappa shape index (κ2) is 3.85. The quantitative estimate of drug-likeness (QED) is 0.566. The SMILES string of the molecule is [O]CCOC1CCCC1. The standard InChI is InChI=1S/C7H13O2/c8-5-6-9-7-3-1-2-4-7/h7H,1-6H2.